The minimum atomic E-state index is -4.48. The molecule has 2 aromatic heterocycles. The molecule has 0 aliphatic carbocycles. The van der Waals surface area contributed by atoms with E-state index in [2.05, 4.69) is 25.3 Å². The summed E-state index contributed by atoms with van der Waals surface area (Å²) < 4.78 is 42.7. The molecule has 16 heteroatoms. The van der Waals surface area contributed by atoms with E-state index in [1.807, 2.05) is 0 Å². The number of ether oxygens (including phenoxy) is 1. The lowest BCUT2D eigenvalue weighted by Crippen LogP contribution is -2.26. The van der Waals surface area contributed by atoms with Crippen LogP contribution in [0.25, 0.3) is 0 Å². The summed E-state index contributed by atoms with van der Waals surface area (Å²) in [5, 5.41) is 21.1. The summed E-state index contributed by atoms with van der Waals surface area (Å²) in [6, 6.07) is 1.00. The number of carboxylic acids is 1. The molecule has 0 aromatic carbocycles. The molecule has 33 heavy (non-hydrogen) atoms. The van der Waals surface area contributed by atoms with E-state index in [0.29, 0.717) is 29.5 Å². The van der Waals surface area contributed by atoms with Crippen molar-refractivity contribution in [2.75, 3.05) is 17.6 Å². The van der Waals surface area contributed by atoms with Crippen LogP contribution < -0.4 is 15.8 Å². The molecule has 0 aliphatic rings. The minimum absolute atomic E-state index is 0.0754. The Balaban J connectivity index is 1.87. The molecule has 0 amide bonds. The average Bonchev–Trinajstić information content (AvgIpc) is 3.07. The average molecular weight is 489 g/mol. The van der Waals surface area contributed by atoms with Crippen LogP contribution in [0.3, 0.4) is 0 Å². The van der Waals surface area contributed by atoms with Gasteiger partial charge >= 0.3 is 18.1 Å². The number of anilines is 1. The molecule has 2 aromatic rings. The Bertz CT molecular complexity index is 1040. The van der Waals surface area contributed by atoms with Gasteiger partial charge in [-0.25, -0.2) is 24.5 Å². The van der Waals surface area contributed by atoms with E-state index >= 15 is 0 Å². The Kier molecular flexibility index (Phi) is 9.02. The lowest BCUT2D eigenvalue weighted by Gasteiger charge is -2.09. The highest BCUT2D eigenvalue weighted by atomic mass is 32.2. The number of thioether (sulfide) groups is 1. The summed E-state index contributed by atoms with van der Waals surface area (Å²) in [6.45, 7) is -1.23. The van der Waals surface area contributed by atoms with Crippen LogP contribution in [0.5, 0.6) is 11.9 Å². The van der Waals surface area contributed by atoms with E-state index in [9.17, 15) is 27.9 Å². The van der Waals surface area contributed by atoms with E-state index in [1.165, 1.54) is 28.6 Å². The summed E-state index contributed by atoms with van der Waals surface area (Å²) in [6.07, 6.45) is -0.212. The van der Waals surface area contributed by atoms with Crippen molar-refractivity contribution in [3.8, 4) is 11.9 Å². The highest BCUT2D eigenvalue weighted by molar-refractivity contribution is 7.99. The first-order valence-electron chi connectivity index (χ1n) is 9.00. The molecular formula is C17H18F3N7O5S. The van der Waals surface area contributed by atoms with Gasteiger partial charge in [-0.2, -0.15) is 18.2 Å². The van der Waals surface area contributed by atoms with Gasteiger partial charge in [-0.15, -0.1) is 0 Å². The number of aliphatic carboxylic acids is 1. The van der Waals surface area contributed by atoms with Crippen molar-refractivity contribution in [2.45, 2.75) is 24.3 Å². The number of nitrogens with zero attached hydrogens (tertiary/aromatic N) is 5. The van der Waals surface area contributed by atoms with Crippen LogP contribution in [-0.2, 0) is 16.1 Å². The molecule has 0 spiro atoms. The van der Waals surface area contributed by atoms with Crippen molar-refractivity contribution < 1.29 is 37.7 Å². The van der Waals surface area contributed by atoms with Crippen molar-refractivity contribution in [2.24, 2.45) is 10.7 Å². The van der Waals surface area contributed by atoms with Crippen molar-refractivity contribution in [3.05, 3.63) is 30.6 Å². The van der Waals surface area contributed by atoms with Crippen LogP contribution in [0.15, 0.2) is 40.8 Å². The van der Waals surface area contributed by atoms with E-state index in [0.717, 1.165) is 6.20 Å². The highest BCUT2D eigenvalue weighted by Crippen LogP contribution is 2.22. The molecule has 5 N–H and O–H groups in total. The first-order chi connectivity index (χ1) is 15.5. The van der Waals surface area contributed by atoms with Crippen LogP contribution in [0, 0.1) is 0 Å². The maximum atomic E-state index is 12.2. The van der Waals surface area contributed by atoms with Gasteiger partial charge in [0.1, 0.15) is 12.4 Å². The van der Waals surface area contributed by atoms with Gasteiger partial charge in [0.2, 0.25) is 5.88 Å². The van der Waals surface area contributed by atoms with Crippen LogP contribution in [0.2, 0.25) is 0 Å². The van der Waals surface area contributed by atoms with Crippen LogP contribution in [0.4, 0.5) is 19.0 Å². The Morgan fingerprint density at radius 3 is 2.79 bits per heavy atom. The largest absolute Gasteiger partial charge is 0.480 e. The fraction of sp³-hybridized carbons (Fsp3) is 0.294. The molecule has 178 valence electrons. The second kappa shape index (κ2) is 11.7. The standard InChI is InChI=1S/C17H18F3N7O5S/c18-17(19,20)9-24-14(21)25-10-4-5-22-15(26-10)33-7-1-6-27-11(8-23-16(27)31)32-13(30)3-2-12(28)29/h2-5,8H,1,6-7,9H2,(H,23,31)(H,28,29)(H3,21,22,24,25,26)/b3-2-. The molecule has 2 heterocycles. The number of alkyl halides is 3. The van der Waals surface area contributed by atoms with Crippen molar-refractivity contribution in [1.29, 1.82) is 0 Å². The number of hydrogen-bond acceptors (Lipinski definition) is 9. The number of aromatic nitrogens is 4. The number of carboxylic acid groups (broad SMARTS) is 1. The van der Waals surface area contributed by atoms with Gasteiger partial charge in [-0.3, -0.25) is 4.57 Å². The Labute approximate surface area is 188 Å². The van der Waals surface area contributed by atoms with Crippen LogP contribution in [0.1, 0.15) is 6.42 Å². The number of carbonyl (C=O) groups is 2. The fourth-order valence-corrected chi connectivity index (χ4v) is 2.88. The Hall–Kier alpha value is -3.82. The third kappa shape index (κ3) is 9.46. The number of carbonyl (C=O) groups excluding carboxylic acids is 1. The highest BCUT2D eigenvalue weighted by Gasteiger charge is 2.26. The third-order valence-electron chi connectivity index (χ3n) is 3.44. The van der Waals surface area contributed by atoms with Crippen LogP contribution >= 0.6 is 11.8 Å². The summed E-state index contributed by atoms with van der Waals surface area (Å²) in [7, 11) is 0. The first kappa shape index (κ1) is 25.4. The van der Waals surface area contributed by atoms with Gasteiger partial charge in [0, 0.05) is 30.6 Å². The predicted molar refractivity (Wildman–Crippen MR) is 110 cm³/mol. The predicted octanol–water partition coefficient (Wildman–Crippen LogP) is 1.40. The second-order valence-electron chi connectivity index (χ2n) is 6.01. The molecule has 0 fully saturated rings. The van der Waals surface area contributed by atoms with Crippen molar-refractivity contribution in [3.63, 3.8) is 0 Å². The van der Waals surface area contributed by atoms with E-state index in [1.54, 1.807) is 0 Å². The number of imidazole rings is 1. The third-order valence-corrected chi connectivity index (χ3v) is 4.39. The fourth-order valence-electron chi connectivity index (χ4n) is 2.13. The molecule has 0 unspecified atom stereocenters. The molecule has 0 saturated carbocycles. The van der Waals surface area contributed by atoms with Crippen molar-refractivity contribution >= 4 is 35.5 Å². The number of nitrogens with two attached hydrogens (primary N) is 1. The van der Waals surface area contributed by atoms with Gasteiger partial charge in [0.15, 0.2) is 11.1 Å². The maximum Gasteiger partial charge on any atom is 0.408 e. The molecule has 0 saturated heterocycles. The zero-order chi connectivity index (χ0) is 24.4. The van der Waals surface area contributed by atoms with E-state index in [4.69, 9.17) is 15.6 Å². The molecule has 0 aliphatic heterocycles. The smallest absolute Gasteiger partial charge is 0.408 e. The van der Waals surface area contributed by atoms with Gasteiger partial charge < -0.3 is 26.0 Å². The Morgan fingerprint density at radius 1 is 1.33 bits per heavy atom. The molecule has 12 nitrogen and oxygen atoms in total. The zero-order valence-electron chi connectivity index (χ0n) is 16.7. The lowest BCUT2D eigenvalue weighted by atomic mass is 10.5. The topological polar surface area (TPSA) is 178 Å². The molecule has 2 rings (SSSR count). The summed E-state index contributed by atoms with van der Waals surface area (Å²) in [4.78, 5) is 37.0. The first-order valence-corrected chi connectivity index (χ1v) is 9.99. The van der Waals surface area contributed by atoms with Gasteiger partial charge in [-0.1, -0.05) is 11.8 Å². The van der Waals surface area contributed by atoms with Gasteiger partial charge in [-0.05, 0) is 12.5 Å². The number of aromatic hydroxyl groups is 1. The summed E-state index contributed by atoms with van der Waals surface area (Å²) >= 11 is 1.22. The van der Waals surface area contributed by atoms with Crippen molar-refractivity contribution in [1.82, 2.24) is 19.5 Å². The van der Waals surface area contributed by atoms with Crippen LogP contribution in [-0.4, -0.2) is 66.1 Å². The molecule has 0 bridgehead atoms. The molecule has 0 atom stereocenters. The molecule has 0 radical (unpaired) electrons. The monoisotopic (exact) mass is 489 g/mol. The second-order valence-corrected chi connectivity index (χ2v) is 7.07. The number of nitrogens with one attached hydrogen (secondary N) is 1. The molecular weight excluding hydrogens is 471 g/mol. The number of hydrogen-bond donors (Lipinski definition) is 4. The number of guanidine groups is 1. The summed E-state index contributed by atoms with van der Waals surface area (Å²) in [5.74, 6) is -2.19. The number of halogens is 3. The Morgan fingerprint density at radius 2 is 2.09 bits per heavy atom. The summed E-state index contributed by atoms with van der Waals surface area (Å²) in [5.41, 5.74) is 5.41. The lowest BCUT2D eigenvalue weighted by molar-refractivity contribution is -0.133. The van der Waals surface area contributed by atoms with E-state index < -0.39 is 36.6 Å². The number of aliphatic imine (C=N–C) groups is 1. The quantitative estimate of drug-likeness (QED) is 0.0721. The number of esters is 1. The minimum Gasteiger partial charge on any atom is -0.480 e. The van der Waals surface area contributed by atoms with E-state index in [-0.39, 0.29) is 18.2 Å². The van der Waals surface area contributed by atoms with Gasteiger partial charge in [0.25, 0.3) is 6.01 Å². The normalized spacial score (nSPS) is 12.2. The zero-order valence-corrected chi connectivity index (χ0v) is 17.5. The maximum absolute atomic E-state index is 12.2. The number of rotatable bonds is 10. The van der Waals surface area contributed by atoms with Gasteiger partial charge in [0.05, 0.1) is 6.20 Å². The SMILES string of the molecule is NC(=NCC(F)(F)F)Nc1ccnc(SCCCn2c(OC(=O)/C=C\C(=O)O)cnc2O)n1.